The monoisotopic (exact) mass is 354 g/mol. The molecule has 25 heavy (non-hydrogen) atoms. The van der Waals surface area contributed by atoms with Gasteiger partial charge < -0.3 is 5.32 Å². The smallest absolute Gasteiger partial charge is 0.237 e. The zero-order valence-corrected chi connectivity index (χ0v) is 15.4. The van der Waals surface area contributed by atoms with Gasteiger partial charge in [0.25, 0.3) is 0 Å². The maximum Gasteiger partial charge on any atom is 0.237 e. The standard InChI is InChI=1S/C19H22N4OS/c1-18(2,3)21-17-22-19(24-23(17)20)12-13-8-4-6-10-15(13)25-16-11-7-5-9-14(16)19/h4-11H,12,20H2,1-3H3,(H,21,22). The number of nitrogens with zero attached hydrogens (tertiary/aromatic N) is 2. The Morgan fingerprint density at radius 2 is 1.80 bits per heavy atom. The van der Waals surface area contributed by atoms with E-state index in [2.05, 4.69) is 62.5 Å². The van der Waals surface area contributed by atoms with Gasteiger partial charge in [0, 0.05) is 27.3 Å². The summed E-state index contributed by atoms with van der Waals surface area (Å²) in [6.45, 7) is 6.21. The maximum absolute atomic E-state index is 6.14. The molecular weight excluding hydrogens is 332 g/mol. The van der Waals surface area contributed by atoms with Crippen LogP contribution in [0.25, 0.3) is 0 Å². The summed E-state index contributed by atoms with van der Waals surface area (Å²) in [7, 11) is 0. The minimum Gasteiger partial charge on any atom is -0.349 e. The lowest BCUT2D eigenvalue weighted by atomic mass is 9.95. The third-order valence-electron chi connectivity index (χ3n) is 4.16. The van der Waals surface area contributed by atoms with Gasteiger partial charge in [0.15, 0.2) is 0 Å². The second-order valence-electron chi connectivity index (χ2n) is 7.39. The normalized spacial score (nSPS) is 22.2. The largest absolute Gasteiger partial charge is 0.349 e. The minimum atomic E-state index is -0.849. The summed E-state index contributed by atoms with van der Waals surface area (Å²) in [6.07, 6.45) is 0.635. The van der Waals surface area contributed by atoms with E-state index in [0.29, 0.717) is 12.4 Å². The molecule has 130 valence electrons. The van der Waals surface area contributed by atoms with Crippen LogP contribution in [0.15, 0.2) is 63.3 Å². The Kier molecular flexibility index (Phi) is 3.79. The van der Waals surface area contributed by atoms with Crippen LogP contribution in [0.1, 0.15) is 31.9 Å². The number of benzene rings is 2. The highest BCUT2D eigenvalue weighted by molar-refractivity contribution is 7.99. The van der Waals surface area contributed by atoms with Crippen molar-refractivity contribution in [1.82, 2.24) is 10.5 Å². The first-order valence-electron chi connectivity index (χ1n) is 8.34. The molecule has 0 saturated carbocycles. The van der Waals surface area contributed by atoms with Crippen molar-refractivity contribution >= 4 is 17.7 Å². The molecule has 3 N–H and O–H groups in total. The average molecular weight is 354 g/mol. The fourth-order valence-electron chi connectivity index (χ4n) is 3.15. The predicted octanol–water partition coefficient (Wildman–Crippen LogP) is 3.41. The molecule has 0 radical (unpaired) electrons. The van der Waals surface area contributed by atoms with Crippen LogP contribution in [-0.2, 0) is 17.0 Å². The summed E-state index contributed by atoms with van der Waals surface area (Å²) in [6, 6.07) is 16.6. The first-order valence-corrected chi connectivity index (χ1v) is 9.15. The van der Waals surface area contributed by atoms with Crippen molar-refractivity contribution < 1.29 is 4.84 Å². The van der Waals surface area contributed by atoms with Crippen LogP contribution in [-0.4, -0.2) is 16.7 Å². The number of guanidine groups is 1. The minimum absolute atomic E-state index is 0.164. The van der Waals surface area contributed by atoms with Gasteiger partial charge in [-0.15, -0.1) is 5.17 Å². The molecule has 4 rings (SSSR count). The van der Waals surface area contributed by atoms with E-state index >= 15 is 0 Å². The quantitative estimate of drug-likeness (QED) is 0.710. The van der Waals surface area contributed by atoms with Gasteiger partial charge in [-0.05, 0) is 38.5 Å². The molecule has 0 aromatic heterocycles. The van der Waals surface area contributed by atoms with Crippen molar-refractivity contribution in [2.24, 2.45) is 10.8 Å². The number of hydrogen-bond acceptors (Lipinski definition) is 6. The molecule has 0 bridgehead atoms. The molecule has 0 saturated heterocycles. The summed E-state index contributed by atoms with van der Waals surface area (Å²) >= 11 is 1.75. The predicted molar refractivity (Wildman–Crippen MR) is 99.8 cm³/mol. The van der Waals surface area contributed by atoms with E-state index in [0.717, 1.165) is 10.5 Å². The van der Waals surface area contributed by atoms with Crippen LogP contribution in [0.4, 0.5) is 0 Å². The summed E-state index contributed by atoms with van der Waals surface area (Å²) in [4.78, 5) is 13.4. The number of fused-ring (bicyclic) bond motifs is 3. The van der Waals surface area contributed by atoms with Crippen molar-refractivity contribution in [2.45, 2.75) is 48.2 Å². The Morgan fingerprint density at radius 1 is 1.12 bits per heavy atom. The summed E-state index contributed by atoms with van der Waals surface area (Å²) in [5.41, 5.74) is 1.23. The van der Waals surface area contributed by atoms with E-state index in [1.807, 2.05) is 12.1 Å². The summed E-state index contributed by atoms with van der Waals surface area (Å²) < 4.78 is 0. The molecule has 2 aliphatic heterocycles. The molecule has 0 fully saturated rings. The van der Waals surface area contributed by atoms with Crippen LogP contribution in [0.3, 0.4) is 0 Å². The second-order valence-corrected chi connectivity index (χ2v) is 8.48. The molecule has 2 heterocycles. The Bertz CT molecular complexity index is 845. The topological polar surface area (TPSA) is 62.9 Å². The average Bonchev–Trinajstić information content (AvgIpc) is 2.77. The van der Waals surface area contributed by atoms with Gasteiger partial charge in [0.05, 0.1) is 0 Å². The van der Waals surface area contributed by atoms with Gasteiger partial charge in [0.1, 0.15) is 0 Å². The number of nitrogens with two attached hydrogens (primary N) is 1. The van der Waals surface area contributed by atoms with Gasteiger partial charge in [-0.1, -0.05) is 48.2 Å². The zero-order valence-electron chi connectivity index (χ0n) is 14.6. The lowest BCUT2D eigenvalue weighted by Gasteiger charge is -2.26. The molecule has 1 spiro atoms. The van der Waals surface area contributed by atoms with E-state index in [1.54, 1.807) is 11.8 Å². The molecule has 2 aromatic rings. The number of nitrogens with one attached hydrogen (secondary N) is 1. The highest BCUT2D eigenvalue weighted by Crippen LogP contribution is 2.47. The van der Waals surface area contributed by atoms with Crippen molar-refractivity contribution in [2.75, 3.05) is 0 Å². The molecule has 0 aliphatic carbocycles. The molecule has 6 heteroatoms. The van der Waals surface area contributed by atoms with Gasteiger partial charge in [-0.3, -0.25) is 0 Å². The first-order chi connectivity index (χ1) is 11.9. The van der Waals surface area contributed by atoms with E-state index in [9.17, 15) is 0 Å². The highest BCUT2D eigenvalue weighted by Gasteiger charge is 2.46. The number of hydroxylamine groups is 1. The van der Waals surface area contributed by atoms with Gasteiger partial charge in [-0.2, -0.15) is 0 Å². The van der Waals surface area contributed by atoms with E-state index in [-0.39, 0.29) is 5.54 Å². The van der Waals surface area contributed by atoms with Crippen LogP contribution in [0.5, 0.6) is 0 Å². The molecule has 1 unspecified atom stereocenters. The molecule has 2 aromatic carbocycles. The molecular formula is C19H22N4OS. The van der Waals surface area contributed by atoms with Crippen molar-refractivity contribution in [3.05, 3.63) is 59.7 Å². The molecule has 0 amide bonds. The SMILES string of the molecule is CC(C)(C)NC1=NC2(Cc3ccccc3Sc3ccccc32)ON1N. The Hall–Kier alpha value is -2.02. The summed E-state index contributed by atoms with van der Waals surface area (Å²) in [5.74, 6) is 6.68. The van der Waals surface area contributed by atoms with E-state index < -0.39 is 5.72 Å². The van der Waals surface area contributed by atoms with E-state index in [1.165, 1.54) is 15.6 Å². The number of hydrogen-bond donors (Lipinski definition) is 2. The number of rotatable bonds is 0. The van der Waals surface area contributed by atoms with Crippen LogP contribution in [0, 0.1) is 0 Å². The Labute approximate surface area is 152 Å². The third kappa shape index (κ3) is 3.01. The lowest BCUT2D eigenvalue weighted by molar-refractivity contribution is -0.189. The Morgan fingerprint density at radius 3 is 2.56 bits per heavy atom. The maximum atomic E-state index is 6.14. The fraction of sp³-hybridized carbons (Fsp3) is 0.316. The fourth-order valence-corrected chi connectivity index (χ4v) is 4.28. The first kappa shape index (κ1) is 16.4. The van der Waals surface area contributed by atoms with Crippen LogP contribution < -0.4 is 11.2 Å². The van der Waals surface area contributed by atoms with Gasteiger partial charge in [-0.25, -0.2) is 15.7 Å². The summed E-state index contributed by atoms with van der Waals surface area (Å²) in [5, 5.41) is 4.60. The van der Waals surface area contributed by atoms with Crippen molar-refractivity contribution in [3.63, 3.8) is 0 Å². The molecule has 2 aliphatic rings. The molecule has 1 atom stereocenters. The Balaban J connectivity index is 1.86. The van der Waals surface area contributed by atoms with Gasteiger partial charge >= 0.3 is 0 Å². The number of hydrazine groups is 1. The van der Waals surface area contributed by atoms with E-state index in [4.69, 9.17) is 15.7 Å². The van der Waals surface area contributed by atoms with Crippen molar-refractivity contribution in [3.8, 4) is 0 Å². The van der Waals surface area contributed by atoms with Crippen LogP contribution in [0.2, 0.25) is 0 Å². The third-order valence-corrected chi connectivity index (χ3v) is 5.36. The highest BCUT2D eigenvalue weighted by atomic mass is 32.2. The lowest BCUT2D eigenvalue weighted by Crippen LogP contribution is -2.50. The second kappa shape index (κ2) is 5.76. The zero-order chi connectivity index (χ0) is 17.7. The van der Waals surface area contributed by atoms with Crippen LogP contribution >= 0.6 is 11.8 Å². The number of aliphatic imine (C=N–C) groups is 1. The molecule has 5 nitrogen and oxygen atoms in total. The van der Waals surface area contributed by atoms with Gasteiger partial charge in [0.2, 0.25) is 11.7 Å². The van der Waals surface area contributed by atoms with Crippen molar-refractivity contribution in [1.29, 1.82) is 0 Å².